The first-order valence-corrected chi connectivity index (χ1v) is 26.2. The van der Waals surface area contributed by atoms with Crippen LogP contribution in [0.25, 0.3) is 55.1 Å². The molecule has 4 heterocycles. The summed E-state index contributed by atoms with van der Waals surface area (Å²) >= 11 is 0. The van der Waals surface area contributed by atoms with E-state index < -0.39 is 36.5 Å². The highest BCUT2D eigenvalue weighted by molar-refractivity contribution is 6.05. The van der Waals surface area contributed by atoms with E-state index in [1.807, 2.05) is 9.80 Å². The molecular weight excluding hydrogens is 913 g/mol. The normalized spacial score (nSPS) is 24.8. The second-order valence-corrected chi connectivity index (χ2v) is 21.5. The topological polar surface area (TPSA) is 215 Å². The van der Waals surface area contributed by atoms with Crippen LogP contribution in [0.3, 0.4) is 0 Å². The van der Waals surface area contributed by atoms with Gasteiger partial charge in [-0.05, 0) is 169 Å². The maximum atomic E-state index is 14.3. The molecule has 6 aliphatic rings. The molecule has 72 heavy (non-hydrogen) atoms. The molecule has 2 aromatic heterocycles. The highest BCUT2D eigenvalue weighted by atomic mass is 16.5. The first kappa shape index (κ1) is 46.5. The number of nitrogens with zero attached hydrogens (tertiary/aromatic N) is 4. The largest absolute Gasteiger partial charge is 0.453 e. The number of carbonyl (C=O) groups excluding carboxylic acids is 4. The van der Waals surface area contributed by atoms with Crippen LogP contribution in [0.1, 0.15) is 124 Å². The summed E-state index contributed by atoms with van der Waals surface area (Å²) in [6.07, 6.45) is 9.63. The maximum Gasteiger partial charge on any atom is 0.407 e. The number of imidazole rings is 2. The Kier molecular flexibility index (Phi) is 11.8. The smallest absolute Gasteiger partial charge is 0.407 e. The molecule has 4 aromatic carbocycles. The molecule has 4 aliphatic carbocycles. The predicted molar refractivity (Wildman–Crippen MR) is 271 cm³/mol. The van der Waals surface area contributed by atoms with Crippen molar-refractivity contribution in [2.75, 3.05) is 14.2 Å². The molecule has 10 atom stereocenters. The molecule has 6 aromatic rings. The third kappa shape index (κ3) is 7.69. The summed E-state index contributed by atoms with van der Waals surface area (Å²) in [6.45, 7) is 3.03. The number of carbonyl (C=O) groups is 4. The number of nitrogens with one attached hydrogen (secondary N) is 4. The maximum absolute atomic E-state index is 14.3. The Morgan fingerprint density at radius 2 is 1.03 bits per heavy atom. The van der Waals surface area contributed by atoms with E-state index in [4.69, 9.17) is 19.4 Å². The molecule has 6 N–H and O–H groups in total. The fourth-order valence-corrected chi connectivity index (χ4v) is 14.1. The molecule has 4 fully saturated rings. The number of aromatic amines is 2. The molecule has 0 unspecified atom stereocenters. The Morgan fingerprint density at radius 3 is 1.43 bits per heavy atom. The highest BCUT2D eigenvalue weighted by Crippen LogP contribution is 2.50. The molecule has 16 nitrogen and oxygen atoms in total. The number of hydrogen-bond acceptors (Lipinski definition) is 10. The van der Waals surface area contributed by atoms with E-state index in [1.165, 1.54) is 72.2 Å². The monoisotopic (exact) mass is 976 g/mol. The average Bonchev–Trinajstić information content (AvgIpc) is 4.25. The van der Waals surface area contributed by atoms with Gasteiger partial charge in [-0.2, -0.15) is 0 Å². The van der Waals surface area contributed by atoms with Gasteiger partial charge in [0.05, 0.1) is 60.6 Å². The number of aliphatic hydroxyl groups is 2. The second kappa shape index (κ2) is 18.2. The third-order valence-electron chi connectivity index (χ3n) is 17.4. The van der Waals surface area contributed by atoms with Gasteiger partial charge in [-0.1, -0.05) is 49.9 Å². The summed E-state index contributed by atoms with van der Waals surface area (Å²) in [4.78, 5) is 74.5. The summed E-state index contributed by atoms with van der Waals surface area (Å²) in [7, 11) is 2.50. The van der Waals surface area contributed by atoms with Crippen LogP contribution in [-0.2, 0) is 44.7 Å². The third-order valence-corrected chi connectivity index (χ3v) is 17.4. The number of aromatic nitrogens is 4. The van der Waals surface area contributed by atoms with Crippen LogP contribution in [0.4, 0.5) is 9.59 Å². The average molecular weight is 977 g/mol. The fraction of sp³-hybridized carbons (Fsp3) is 0.500. The minimum atomic E-state index is -1.14. The number of ether oxygens (including phenoxy) is 2. The molecule has 2 aliphatic heterocycles. The number of methoxy groups -OCH3 is 2. The standard InChI is InChI=1S/C56H64N8O8/c1-27(65)49(61-55(69)71-3)53(67)63-43-11-7-5-9-31(43)25-45(63)51-57-39-19-15-29(23-41(39)59-51)37-21-33-14-18-36-38(22-34-13-17-35(37)47(34)48(33)36)30-16-20-40-42(24-30)60-52(58-40)46-26-32-10-6-8-12-44(32)64(46)54(68)50(28(2)66)62-56(70)72-4/h15-16,19-24,27-28,31-32,43-46,49-50,65-66H,5-14,17-18,25-26H2,1-4H3,(H,57,59)(H,58,60)(H,61,69)(H,62,70)/t27-,28-,31+,32+,43+,44+,45+,46+,49+,50+/m1/s1. The number of H-pyrrole nitrogens is 2. The number of alkyl carbamates (subject to hydrolysis) is 2. The molecule has 376 valence electrons. The van der Waals surface area contributed by atoms with Crippen molar-refractivity contribution in [2.24, 2.45) is 11.8 Å². The van der Waals surface area contributed by atoms with Crippen molar-refractivity contribution in [3.63, 3.8) is 0 Å². The van der Waals surface area contributed by atoms with Gasteiger partial charge in [0.25, 0.3) is 0 Å². The van der Waals surface area contributed by atoms with Crippen molar-refractivity contribution in [3.05, 3.63) is 82.4 Å². The van der Waals surface area contributed by atoms with E-state index >= 15 is 0 Å². The lowest BCUT2D eigenvalue weighted by atomic mass is 9.84. The number of likely N-dealkylation sites (tertiary alicyclic amines) is 2. The first-order valence-electron chi connectivity index (χ1n) is 26.2. The molecule has 0 spiro atoms. The van der Waals surface area contributed by atoms with E-state index in [0.29, 0.717) is 11.8 Å². The van der Waals surface area contributed by atoms with Gasteiger partial charge >= 0.3 is 12.2 Å². The van der Waals surface area contributed by atoms with E-state index in [1.54, 1.807) is 0 Å². The molecule has 2 saturated heterocycles. The van der Waals surface area contributed by atoms with Gasteiger partial charge in [0.1, 0.15) is 23.7 Å². The molecule has 4 amide bonds. The number of fused-ring (bicyclic) bond motifs is 4. The number of benzene rings is 4. The zero-order valence-electron chi connectivity index (χ0n) is 41.4. The number of aryl methyl sites for hydroxylation is 4. The Balaban J connectivity index is 0.852. The van der Waals surface area contributed by atoms with Gasteiger partial charge in [0, 0.05) is 12.1 Å². The number of aliphatic hydroxyl groups excluding tert-OH is 2. The Morgan fingerprint density at radius 1 is 0.611 bits per heavy atom. The zero-order chi connectivity index (χ0) is 49.7. The van der Waals surface area contributed by atoms with Crippen LogP contribution in [0.2, 0.25) is 0 Å². The van der Waals surface area contributed by atoms with Crippen LogP contribution < -0.4 is 10.6 Å². The lowest BCUT2D eigenvalue weighted by Gasteiger charge is -2.36. The molecule has 2 saturated carbocycles. The molecule has 16 heteroatoms. The minimum absolute atomic E-state index is 0.00298. The van der Waals surface area contributed by atoms with Gasteiger partial charge < -0.3 is 50.1 Å². The zero-order valence-corrected chi connectivity index (χ0v) is 41.4. The summed E-state index contributed by atoms with van der Waals surface area (Å²) in [5.41, 5.74) is 13.7. The Hall–Kier alpha value is -6.52. The second-order valence-electron chi connectivity index (χ2n) is 21.5. The van der Waals surface area contributed by atoms with Gasteiger partial charge in [0.15, 0.2) is 0 Å². The highest BCUT2D eigenvalue weighted by Gasteiger charge is 2.50. The Labute approximate surface area is 417 Å². The van der Waals surface area contributed by atoms with E-state index in [9.17, 15) is 29.4 Å². The summed E-state index contributed by atoms with van der Waals surface area (Å²) < 4.78 is 9.64. The van der Waals surface area contributed by atoms with E-state index in [0.717, 1.165) is 135 Å². The van der Waals surface area contributed by atoms with Crippen LogP contribution >= 0.6 is 0 Å². The van der Waals surface area contributed by atoms with Crippen LogP contribution in [0.15, 0.2) is 48.5 Å². The molecule has 0 bridgehead atoms. The number of hydrogen-bond donors (Lipinski definition) is 6. The number of amides is 4. The summed E-state index contributed by atoms with van der Waals surface area (Å²) in [5.74, 6) is 1.44. The summed E-state index contributed by atoms with van der Waals surface area (Å²) in [6, 6.07) is 14.8. The molecule has 12 rings (SSSR count). The van der Waals surface area contributed by atoms with Crippen LogP contribution in [0.5, 0.6) is 0 Å². The van der Waals surface area contributed by atoms with Crippen molar-refractivity contribution in [2.45, 2.75) is 152 Å². The lowest BCUT2D eigenvalue weighted by Crippen LogP contribution is -2.55. The Bertz CT molecular complexity index is 2970. The van der Waals surface area contributed by atoms with Crippen molar-refractivity contribution in [1.82, 2.24) is 40.4 Å². The van der Waals surface area contributed by atoms with Crippen LogP contribution in [-0.4, -0.2) is 115 Å². The predicted octanol–water partition coefficient (Wildman–Crippen LogP) is 8.00. The van der Waals surface area contributed by atoms with Crippen molar-refractivity contribution >= 4 is 56.8 Å². The lowest BCUT2D eigenvalue weighted by molar-refractivity contribution is -0.140. The molecular formula is C56H64N8O8. The fourth-order valence-electron chi connectivity index (χ4n) is 14.1. The van der Waals surface area contributed by atoms with Gasteiger partial charge in [0.2, 0.25) is 11.8 Å². The number of rotatable bonds is 10. The van der Waals surface area contributed by atoms with Gasteiger partial charge in [-0.25, -0.2) is 19.6 Å². The van der Waals surface area contributed by atoms with E-state index in [2.05, 4.69) is 69.1 Å². The first-order chi connectivity index (χ1) is 34.9. The van der Waals surface area contributed by atoms with E-state index in [-0.39, 0.29) is 36.0 Å². The SMILES string of the molecule is COC(=O)N[C@H](C(=O)N1[C@H](c2nc3ccc(-c4cc5c6c(c(-c7ccc8nc([C@@H]9C[C@@H]%10CCCC[C@@H]%10N9C(=O)[C@@H](NC(=O)OC)[C@@H](C)O)[nH]c8c7)cc7c6c4CC7)CC5)cc3[nH]2)C[C@@H]2CCCC[C@@H]21)[C@@H](C)O. The minimum Gasteiger partial charge on any atom is -0.453 e. The molecule has 0 radical (unpaired) electrons. The van der Waals surface area contributed by atoms with Crippen molar-refractivity contribution < 1.29 is 38.9 Å². The summed E-state index contributed by atoms with van der Waals surface area (Å²) in [5, 5.41) is 29.3. The quantitative estimate of drug-likeness (QED) is 0.0778. The van der Waals surface area contributed by atoms with Crippen molar-refractivity contribution in [1.29, 1.82) is 0 Å². The van der Waals surface area contributed by atoms with Crippen LogP contribution in [0, 0.1) is 11.8 Å². The van der Waals surface area contributed by atoms with Crippen molar-refractivity contribution in [3.8, 4) is 22.3 Å². The van der Waals surface area contributed by atoms with Gasteiger partial charge in [-0.15, -0.1) is 0 Å². The van der Waals surface area contributed by atoms with Gasteiger partial charge in [-0.3, -0.25) is 9.59 Å².